The number of anilines is 2. The maximum atomic E-state index is 5.55. The average Bonchev–Trinajstić information content (AvgIpc) is 2.27. The summed E-state index contributed by atoms with van der Waals surface area (Å²) in [6, 6.07) is 1.96. The van der Waals surface area contributed by atoms with E-state index in [0.717, 1.165) is 11.1 Å². The molecule has 0 aliphatic heterocycles. The first-order valence-corrected chi connectivity index (χ1v) is 5.26. The fraction of sp³-hybridized carbons (Fsp3) is 0.273. The van der Waals surface area contributed by atoms with Crippen molar-refractivity contribution in [2.45, 2.75) is 20.4 Å². The summed E-state index contributed by atoms with van der Waals surface area (Å²) in [6.07, 6.45) is 3.58. The molecular formula is C11H14N6. The van der Waals surface area contributed by atoms with Gasteiger partial charge in [-0.1, -0.05) is 0 Å². The molecule has 0 radical (unpaired) electrons. The molecule has 6 heteroatoms. The van der Waals surface area contributed by atoms with E-state index in [1.165, 1.54) is 0 Å². The molecule has 0 atom stereocenters. The molecule has 2 rings (SSSR count). The van der Waals surface area contributed by atoms with Crippen LogP contribution in [0.15, 0.2) is 18.5 Å². The number of hydrogen-bond donors (Lipinski definition) is 2. The van der Waals surface area contributed by atoms with E-state index in [4.69, 9.17) is 5.73 Å². The van der Waals surface area contributed by atoms with E-state index in [9.17, 15) is 0 Å². The van der Waals surface area contributed by atoms with E-state index in [1.807, 2.05) is 19.2 Å². The Kier molecular flexibility index (Phi) is 3.13. The predicted octanol–water partition coefficient (Wildman–Crippen LogP) is 1.08. The van der Waals surface area contributed by atoms with Crippen LogP contribution < -0.4 is 11.1 Å². The molecule has 0 aromatic carbocycles. The summed E-state index contributed by atoms with van der Waals surface area (Å²) in [4.78, 5) is 16.1. The molecule has 0 aliphatic carbocycles. The van der Waals surface area contributed by atoms with Crippen LogP contribution in [0, 0.1) is 13.8 Å². The van der Waals surface area contributed by atoms with E-state index in [2.05, 4.69) is 25.3 Å². The molecule has 0 saturated heterocycles. The summed E-state index contributed by atoms with van der Waals surface area (Å²) in [7, 11) is 0. The Balaban J connectivity index is 2.10. The monoisotopic (exact) mass is 230 g/mol. The lowest BCUT2D eigenvalue weighted by Crippen LogP contribution is -2.08. The molecule has 0 bridgehead atoms. The number of aromatic nitrogens is 4. The van der Waals surface area contributed by atoms with Crippen LogP contribution in [0.2, 0.25) is 0 Å². The van der Waals surface area contributed by atoms with Crippen LogP contribution in [0.25, 0.3) is 0 Å². The third-order valence-corrected chi connectivity index (χ3v) is 2.34. The van der Waals surface area contributed by atoms with Crippen LogP contribution in [0.5, 0.6) is 0 Å². The minimum atomic E-state index is 0.228. The lowest BCUT2D eigenvalue weighted by atomic mass is 10.1. The van der Waals surface area contributed by atoms with Gasteiger partial charge < -0.3 is 11.1 Å². The number of aryl methyl sites for hydroxylation is 2. The molecular weight excluding hydrogens is 216 g/mol. The number of nitrogens with one attached hydrogen (secondary N) is 1. The first-order valence-electron chi connectivity index (χ1n) is 5.26. The van der Waals surface area contributed by atoms with E-state index in [-0.39, 0.29) is 5.95 Å². The molecule has 0 saturated carbocycles. The average molecular weight is 230 g/mol. The highest BCUT2D eigenvalue weighted by Crippen LogP contribution is 2.08. The lowest BCUT2D eigenvalue weighted by molar-refractivity contribution is 0.958. The van der Waals surface area contributed by atoms with Gasteiger partial charge in [0.1, 0.15) is 5.82 Å². The minimum Gasteiger partial charge on any atom is -0.368 e. The number of rotatable bonds is 3. The normalized spacial score (nSPS) is 10.2. The predicted molar refractivity (Wildman–Crippen MR) is 65.3 cm³/mol. The Hall–Kier alpha value is -2.24. The van der Waals surface area contributed by atoms with Crippen LogP contribution in [-0.2, 0) is 6.54 Å². The summed E-state index contributed by atoms with van der Waals surface area (Å²) in [5.41, 5.74) is 7.82. The first-order chi connectivity index (χ1) is 8.15. The van der Waals surface area contributed by atoms with Gasteiger partial charge in [-0.15, -0.1) is 0 Å². The first kappa shape index (κ1) is 11.3. The van der Waals surface area contributed by atoms with Crippen LogP contribution >= 0.6 is 0 Å². The Morgan fingerprint density at radius 3 is 2.76 bits per heavy atom. The van der Waals surface area contributed by atoms with Crippen molar-refractivity contribution < 1.29 is 0 Å². The summed E-state index contributed by atoms with van der Waals surface area (Å²) in [6.45, 7) is 4.43. The van der Waals surface area contributed by atoms with Crippen molar-refractivity contribution in [3.8, 4) is 0 Å². The molecule has 2 aromatic rings. The van der Waals surface area contributed by atoms with Gasteiger partial charge in [-0.05, 0) is 31.0 Å². The maximum absolute atomic E-state index is 5.55. The van der Waals surface area contributed by atoms with E-state index >= 15 is 0 Å². The molecule has 0 aliphatic rings. The molecule has 0 fully saturated rings. The Labute approximate surface area is 99.4 Å². The van der Waals surface area contributed by atoms with Crippen molar-refractivity contribution in [1.82, 2.24) is 19.9 Å². The molecule has 2 aromatic heterocycles. The van der Waals surface area contributed by atoms with Crippen molar-refractivity contribution in [2.75, 3.05) is 11.1 Å². The largest absolute Gasteiger partial charge is 0.368 e. The molecule has 0 spiro atoms. The van der Waals surface area contributed by atoms with E-state index < -0.39 is 0 Å². The third kappa shape index (κ3) is 2.87. The summed E-state index contributed by atoms with van der Waals surface area (Å²) in [5.74, 6) is 1.32. The summed E-state index contributed by atoms with van der Waals surface area (Å²) < 4.78 is 0. The zero-order chi connectivity index (χ0) is 12.3. The Bertz CT molecular complexity index is 505. The minimum absolute atomic E-state index is 0.228. The van der Waals surface area contributed by atoms with Crippen LogP contribution in [0.3, 0.4) is 0 Å². The molecule has 0 unspecified atom stereocenters. The molecule has 0 amide bonds. The van der Waals surface area contributed by atoms with Crippen molar-refractivity contribution in [3.05, 3.63) is 35.4 Å². The molecule has 88 valence electrons. The van der Waals surface area contributed by atoms with Gasteiger partial charge in [-0.2, -0.15) is 15.0 Å². The third-order valence-electron chi connectivity index (χ3n) is 2.34. The molecule has 3 N–H and O–H groups in total. The fourth-order valence-electron chi connectivity index (χ4n) is 1.46. The van der Waals surface area contributed by atoms with Gasteiger partial charge in [0.25, 0.3) is 0 Å². The van der Waals surface area contributed by atoms with Gasteiger partial charge >= 0.3 is 0 Å². The van der Waals surface area contributed by atoms with Gasteiger partial charge in [0.2, 0.25) is 11.9 Å². The second kappa shape index (κ2) is 4.73. The zero-order valence-corrected chi connectivity index (χ0v) is 9.81. The fourth-order valence-corrected chi connectivity index (χ4v) is 1.46. The van der Waals surface area contributed by atoms with Gasteiger partial charge in [-0.25, -0.2) is 0 Å². The second-order valence-electron chi connectivity index (χ2n) is 3.72. The van der Waals surface area contributed by atoms with Crippen molar-refractivity contribution >= 4 is 11.9 Å². The van der Waals surface area contributed by atoms with E-state index in [0.29, 0.717) is 18.3 Å². The number of hydrogen-bond acceptors (Lipinski definition) is 6. The van der Waals surface area contributed by atoms with Crippen LogP contribution in [-0.4, -0.2) is 19.9 Å². The summed E-state index contributed by atoms with van der Waals surface area (Å²) >= 11 is 0. The van der Waals surface area contributed by atoms with Crippen LogP contribution in [0.1, 0.15) is 17.0 Å². The number of nitrogen functional groups attached to an aromatic ring is 1. The topological polar surface area (TPSA) is 89.6 Å². The molecule has 17 heavy (non-hydrogen) atoms. The number of pyridine rings is 1. The van der Waals surface area contributed by atoms with Crippen molar-refractivity contribution in [1.29, 1.82) is 0 Å². The van der Waals surface area contributed by atoms with Gasteiger partial charge in [0.15, 0.2) is 0 Å². The summed E-state index contributed by atoms with van der Waals surface area (Å²) in [5, 5.41) is 3.11. The molecule has 6 nitrogen and oxygen atoms in total. The van der Waals surface area contributed by atoms with Crippen molar-refractivity contribution in [2.24, 2.45) is 0 Å². The number of nitrogens with zero attached hydrogens (tertiary/aromatic N) is 4. The zero-order valence-electron chi connectivity index (χ0n) is 9.81. The van der Waals surface area contributed by atoms with Gasteiger partial charge in [-0.3, -0.25) is 4.98 Å². The van der Waals surface area contributed by atoms with Gasteiger partial charge in [0.05, 0.1) is 0 Å². The van der Waals surface area contributed by atoms with E-state index in [1.54, 1.807) is 13.1 Å². The smallest absolute Gasteiger partial charge is 0.227 e. The highest BCUT2D eigenvalue weighted by atomic mass is 15.2. The second-order valence-corrected chi connectivity index (χ2v) is 3.72. The SMILES string of the molecule is Cc1nc(N)nc(NCc2ccncc2C)n1. The maximum Gasteiger partial charge on any atom is 0.227 e. The highest BCUT2D eigenvalue weighted by molar-refractivity contribution is 5.33. The number of nitrogens with two attached hydrogens (primary N) is 1. The Morgan fingerprint density at radius 2 is 2.06 bits per heavy atom. The molecule has 2 heterocycles. The van der Waals surface area contributed by atoms with Crippen LogP contribution in [0.4, 0.5) is 11.9 Å². The van der Waals surface area contributed by atoms with Crippen molar-refractivity contribution in [3.63, 3.8) is 0 Å². The Morgan fingerprint density at radius 1 is 1.24 bits per heavy atom. The van der Waals surface area contributed by atoms with Gasteiger partial charge in [0, 0.05) is 18.9 Å². The highest BCUT2D eigenvalue weighted by Gasteiger charge is 2.02. The lowest BCUT2D eigenvalue weighted by Gasteiger charge is -2.07. The quantitative estimate of drug-likeness (QED) is 0.820. The standard InChI is InChI=1S/C11H14N6/c1-7-5-13-4-3-9(7)6-14-11-16-8(2)15-10(12)17-11/h3-5H,6H2,1-2H3,(H3,12,14,15,16,17).